The molecule has 1 aliphatic rings. The van der Waals surface area contributed by atoms with Crippen molar-refractivity contribution >= 4 is 54.6 Å². The van der Waals surface area contributed by atoms with E-state index < -0.39 is 25.5 Å². The molecule has 38 heavy (non-hydrogen) atoms. The van der Waals surface area contributed by atoms with E-state index in [0.29, 0.717) is 37.4 Å². The second kappa shape index (κ2) is 10.7. The molecule has 2 N–H and O–H groups in total. The number of fused-ring (bicyclic) bond motifs is 1. The maximum Gasteiger partial charge on any atom is 0.308 e. The second-order valence-corrected chi connectivity index (χ2v) is 13.6. The van der Waals surface area contributed by atoms with E-state index in [0.717, 1.165) is 39.1 Å². The van der Waals surface area contributed by atoms with Crippen molar-refractivity contribution in [3.8, 4) is 0 Å². The number of benzene rings is 2. The monoisotopic (exact) mass is 661 g/mol. The lowest BCUT2D eigenvalue weighted by Gasteiger charge is -2.37. The van der Waals surface area contributed by atoms with Crippen molar-refractivity contribution in [2.24, 2.45) is 7.05 Å². The Hall–Kier alpha value is -2.32. The van der Waals surface area contributed by atoms with E-state index in [1.54, 1.807) is 22.6 Å². The SMILES string of the molecule is Cc1cc([C@@H](C)Nc2cccc(F)c2S(C)(=N)=O)c2cc(N3CCN(CC(F)(F)I)CC3)n(C)c(=O)c2c1. The van der Waals surface area contributed by atoms with Crippen LogP contribution in [0.15, 0.2) is 46.1 Å². The number of aromatic nitrogens is 1. The van der Waals surface area contributed by atoms with Gasteiger partial charge in [-0.3, -0.25) is 14.3 Å². The van der Waals surface area contributed by atoms with Gasteiger partial charge in [0.15, 0.2) is 0 Å². The molecular weight excluding hydrogens is 630 g/mol. The van der Waals surface area contributed by atoms with Crippen LogP contribution >= 0.6 is 22.6 Å². The molecule has 1 unspecified atom stereocenters. The molecule has 0 aliphatic carbocycles. The van der Waals surface area contributed by atoms with Crippen molar-refractivity contribution in [2.45, 2.75) is 28.7 Å². The van der Waals surface area contributed by atoms with Crippen LogP contribution in [0.2, 0.25) is 0 Å². The number of hydrogen-bond donors (Lipinski definition) is 2. The van der Waals surface area contributed by atoms with Gasteiger partial charge < -0.3 is 10.2 Å². The van der Waals surface area contributed by atoms with Crippen LogP contribution in [0.1, 0.15) is 24.1 Å². The first kappa shape index (κ1) is 28.7. The summed E-state index contributed by atoms with van der Waals surface area (Å²) in [7, 11) is -1.64. The smallest absolute Gasteiger partial charge is 0.308 e. The normalized spacial score (nSPS) is 17.4. The Kier molecular flexibility index (Phi) is 8.06. The van der Waals surface area contributed by atoms with Gasteiger partial charge in [0.05, 0.1) is 22.0 Å². The highest BCUT2D eigenvalue weighted by Crippen LogP contribution is 2.33. The first-order chi connectivity index (χ1) is 17.7. The van der Waals surface area contributed by atoms with Crippen LogP contribution in [0.25, 0.3) is 10.8 Å². The Balaban J connectivity index is 1.73. The number of piperazine rings is 1. The number of nitrogens with zero attached hydrogens (tertiary/aromatic N) is 3. The molecule has 3 aromatic rings. The molecule has 1 aliphatic heterocycles. The minimum Gasteiger partial charge on any atom is -0.377 e. The van der Waals surface area contributed by atoms with Crippen LogP contribution in [0.4, 0.5) is 24.7 Å². The van der Waals surface area contributed by atoms with E-state index in [-0.39, 0.29) is 22.7 Å². The van der Waals surface area contributed by atoms with Gasteiger partial charge in [-0.15, -0.1) is 0 Å². The maximum absolute atomic E-state index is 14.6. The summed E-state index contributed by atoms with van der Waals surface area (Å²) in [6.45, 7) is 5.36. The summed E-state index contributed by atoms with van der Waals surface area (Å²) in [5.74, 6) is -0.0238. The van der Waals surface area contributed by atoms with E-state index in [1.807, 2.05) is 36.9 Å². The summed E-state index contributed by atoms with van der Waals surface area (Å²) in [6, 6.07) is 9.57. The highest BCUT2D eigenvalue weighted by atomic mass is 127. The topological polar surface area (TPSA) is 81.4 Å². The Bertz CT molecular complexity index is 1530. The molecule has 1 fully saturated rings. The van der Waals surface area contributed by atoms with Crippen LogP contribution < -0.4 is 15.8 Å². The standard InChI is InChI=1S/C26H31F3IN5O2S/c1-16-12-18(17(2)32-22-7-5-6-21(27)24(22)38(4,31)37)19-14-23(33(3)25(36)20(19)13-16)35-10-8-34(9-11-35)15-26(28,29)30/h5-7,12-14,17,31-32H,8-11,15H2,1-4H3/t17-,38?/m1/s1. The molecule has 2 atom stereocenters. The zero-order valence-electron chi connectivity index (χ0n) is 21.7. The largest absolute Gasteiger partial charge is 0.377 e. The van der Waals surface area contributed by atoms with Crippen LogP contribution in [-0.2, 0) is 16.8 Å². The van der Waals surface area contributed by atoms with Crippen LogP contribution in [0, 0.1) is 17.5 Å². The number of anilines is 2. The minimum atomic E-state index is -3.34. The molecule has 4 rings (SSSR count). The molecular formula is C26H31F3IN5O2S. The summed E-state index contributed by atoms with van der Waals surface area (Å²) >= 11 is 1.16. The quantitative estimate of drug-likeness (QED) is 0.264. The van der Waals surface area contributed by atoms with Crippen LogP contribution in [0.3, 0.4) is 0 Å². The van der Waals surface area contributed by atoms with Gasteiger partial charge in [-0.25, -0.2) is 13.4 Å². The summed E-state index contributed by atoms with van der Waals surface area (Å²) in [4.78, 5) is 17.0. The first-order valence-corrected chi connectivity index (χ1v) is 15.2. The molecule has 0 radical (unpaired) electrons. The Labute approximate surface area is 234 Å². The average Bonchev–Trinajstić information content (AvgIpc) is 2.80. The number of rotatable bonds is 7. The molecule has 0 bridgehead atoms. The summed E-state index contributed by atoms with van der Waals surface area (Å²) < 4.78 is 60.8. The summed E-state index contributed by atoms with van der Waals surface area (Å²) in [5, 5.41) is 4.46. The predicted molar refractivity (Wildman–Crippen MR) is 155 cm³/mol. The van der Waals surface area contributed by atoms with Crippen molar-refractivity contribution in [1.82, 2.24) is 9.47 Å². The van der Waals surface area contributed by atoms with E-state index in [9.17, 15) is 22.2 Å². The van der Waals surface area contributed by atoms with Gasteiger partial charge in [0.2, 0.25) is 0 Å². The third-order valence-corrected chi connectivity index (χ3v) is 8.34. The zero-order valence-corrected chi connectivity index (χ0v) is 24.6. The fourth-order valence-corrected chi connectivity index (χ4v) is 6.52. The first-order valence-electron chi connectivity index (χ1n) is 12.1. The van der Waals surface area contributed by atoms with Gasteiger partial charge in [-0.05, 0) is 54.6 Å². The summed E-state index contributed by atoms with van der Waals surface area (Å²) in [5.41, 5.74) is 1.76. The van der Waals surface area contributed by atoms with Crippen LogP contribution in [-0.4, -0.2) is 56.6 Å². The third-order valence-electron chi connectivity index (χ3n) is 6.80. The Morgan fingerprint density at radius 3 is 2.42 bits per heavy atom. The fourth-order valence-electron chi connectivity index (χ4n) is 5.05. The average molecular weight is 662 g/mol. The van der Waals surface area contributed by atoms with Crippen molar-refractivity contribution in [3.05, 3.63) is 63.7 Å². The van der Waals surface area contributed by atoms with Crippen molar-refractivity contribution < 1.29 is 17.4 Å². The number of hydrogen-bond acceptors (Lipinski definition) is 6. The zero-order chi connectivity index (χ0) is 28.0. The predicted octanol–water partition coefficient (Wildman–Crippen LogP) is 5.34. The van der Waals surface area contributed by atoms with Crippen molar-refractivity contribution in [1.29, 1.82) is 4.78 Å². The fraction of sp³-hybridized carbons (Fsp3) is 0.423. The van der Waals surface area contributed by atoms with Gasteiger partial charge in [0.25, 0.3) is 5.56 Å². The third kappa shape index (κ3) is 6.12. The second-order valence-electron chi connectivity index (χ2n) is 9.89. The molecule has 2 heterocycles. The molecule has 0 amide bonds. The lowest BCUT2D eigenvalue weighted by atomic mass is 9.97. The molecule has 1 saturated heterocycles. The molecule has 0 spiro atoms. The van der Waals surface area contributed by atoms with E-state index in [2.05, 4.69) is 5.32 Å². The van der Waals surface area contributed by atoms with Gasteiger partial charge in [0, 0.05) is 73.5 Å². The van der Waals surface area contributed by atoms with Crippen molar-refractivity contribution in [2.75, 3.05) is 49.2 Å². The highest BCUT2D eigenvalue weighted by Gasteiger charge is 2.30. The van der Waals surface area contributed by atoms with Crippen LogP contribution in [0.5, 0.6) is 0 Å². The molecule has 2 aromatic carbocycles. The number of pyridine rings is 1. The van der Waals surface area contributed by atoms with E-state index >= 15 is 0 Å². The minimum absolute atomic E-state index is 0.176. The summed E-state index contributed by atoms with van der Waals surface area (Å²) in [6.07, 6.45) is 1.18. The maximum atomic E-state index is 14.6. The molecule has 1 aromatic heterocycles. The van der Waals surface area contributed by atoms with Gasteiger partial charge in [-0.2, -0.15) is 8.78 Å². The molecule has 12 heteroatoms. The van der Waals surface area contributed by atoms with Gasteiger partial charge in [0.1, 0.15) is 16.5 Å². The number of aryl methyl sites for hydroxylation is 1. The van der Waals surface area contributed by atoms with E-state index in [4.69, 9.17) is 4.78 Å². The number of nitrogens with one attached hydrogen (secondary N) is 2. The Morgan fingerprint density at radius 1 is 1.16 bits per heavy atom. The number of alkyl halides is 3. The lowest BCUT2D eigenvalue weighted by molar-refractivity contribution is 0.0692. The molecule has 0 saturated carbocycles. The molecule has 206 valence electrons. The van der Waals surface area contributed by atoms with E-state index in [1.165, 1.54) is 18.4 Å². The highest BCUT2D eigenvalue weighted by molar-refractivity contribution is 14.1. The van der Waals surface area contributed by atoms with Gasteiger partial charge >= 0.3 is 3.93 Å². The van der Waals surface area contributed by atoms with Gasteiger partial charge in [-0.1, -0.05) is 12.1 Å². The lowest BCUT2D eigenvalue weighted by Crippen LogP contribution is -2.50. The Morgan fingerprint density at radius 2 is 1.82 bits per heavy atom. The number of halogens is 4. The van der Waals surface area contributed by atoms with Crippen molar-refractivity contribution in [3.63, 3.8) is 0 Å². The molecule has 7 nitrogen and oxygen atoms in total.